The fourth-order valence-corrected chi connectivity index (χ4v) is 1.05. The monoisotopic (exact) mass is 190 g/mol. The first-order chi connectivity index (χ1) is 6.88. The van der Waals surface area contributed by atoms with E-state index in [-0.39, 0.29) is 0 Å². The van der Waals surface area contributed by atoms with Gasteiger partial charge in [0.15, 0.2) is 0 Å². The number of nitrogens with zero attached hydrogens (tertiary/aromatic N) is 4. The highest BCUT2D eigenvalue weighted by Gasteiger charge is 1.99. The van der Waals surface area contributed by atoms with Gasteiger partial charge in [0.2, 0.25) is 0 Å². The normalized spacial score (nSPS) is 9.07. The SMILES string of the molecule is CC.Cc1cncnc1-n1ccnc1. The second-order valence-electron chi connectivity index (χ2n) is 2.50. The molecule has 0 fully saturated rings. The van der Waals surface area contributed by atoms with Crippen LogP contribution in [0.15, 0.2) is 31.2 Å². The maximum absolute atomic E-state index is 4.13. The molecular weight excluding hydrogens is 176 g/mol. The summed E-state index contributed by atoms with van der Waals surface area (Å²) in [5, 5.41) is 0. The van der Waals surface area contributed by atoms with E-state index in [1.165, 1.54) is 6.33 Å². The van der Waals surface area contributed by atoms with Crippen molar-refractivity contribution in [3.8, 4) is 5.82 Å². The molecule has 4 heteroatoms. The van der Waals surface area contributed by atoms with Gasteiger partial charge in [-0.25, -0.2) is 15.0 Å². The van der Waals surface area contributed by atoms with Crippen molar-refractivity contribution in [2.75, 3.05) is 0 Å². The molecule has 74 valence electrons. The molecule has 0 amide bonds. The lowest BCUT2D eigenvalue weighted by molar-refractivity contribution is 0.950. The molecule has 0 bridgehead atoms. The molecule has 0 unspecified atom stereocenters. The van der Waals surface area contributed by atoms with Crippen LogP contribution in [0.2, 0.25) is 0 Å². The van der Waals surface area contributed by atoms with E-state index >= 15 is 0 Å². The number of rotatable bonds is 1. The summed E-state index contributed by atoms with van der Waals surface area (Å²) in [6.07, 6.45) is 8.61. The molecule has 0 saturated carbocycles. The highest BCUT2D eigenvalue weighted by atomic mass is 15.1. The minimum atomic E-state index is 0.877. The van der Waals surface area contributed by atoms with Gasteiger partial charge in [0.25, 0.3) is 0 Å². The van der Waals surface area contributed by atoms with Crippen LogP contribution in [0.4, 0.5) is 0 Å². The second kappa shape index (κ2) is 5.11. The first-order valence-corrected chi connectivity index (χ1v) is 4.63. The zero-order valence-corrected chi connectivity index (χ0v) is 8.68. The molecule has 0 aromatic carbocycles. The summed E-state index contributed by atoms with van der Waals surface area (Å²) < 4.78 is 1.86. The summed E-state index contributed by atoms with van der Waals surface area (Å²) in [5.74, 6) is 0.877. The maximum atomic E-state index is 4.13. The van der Waals surface area contributed by atoms with Crippen molar-refractivity contribution in [3.63, 3.8) is 0 Å². The van der Waals surface area contributed by atoms with Crippen LogP contribution in [-0.2, 0) is 0 Å². The lowest BCUT2D eigenvalue weighted by Gasteiger charge is -2.02. The molecule has 4 nitrogen and oxygen atoms in total. The van der Waals surface area contributed by atoms with Gasteiger partial charge in [-0.2, -0.15) is 0 Å². The molecule has 0 spiro atoms. The third-order valence-corrected chi connectivity index (χ3v) is 1.62. The Morgan fingerprint density at radius 2 is 2.00 bits per heavy atom. The van der Waals surface area contributed by atoms with Crippen LogP contribution in [0.1, 0.15) is 19.4 Å². The topological polar surface area (TPSA) is 43.6 Å². The third-order valence-electron chi connectivity index (χ3n) is 1.62. The molecule has 2 aromatic heterocycles. The fourth-order valence-electron chi connectivity index (χ4n) is 1.05. The smallest absolute Gasteiger partial charge is 0.144 e. The first kappa shape index (κ1) is 10.4. The van der Waals surface area contributed by atoms with Gasteiger partial charge in [-0.05, 0) is 6.92 Å². The molecule has 0 saturated heterocycles. The Kier molecular flexibility index (Phi) is 3.79. The van der Waals surface area contributed by atoms with Crippen molar-refractivity contribution in [1.29, 1.82) is 0 Å². The fraction of sp³-hybridized carbons (Fsp3) is 0.300. The molecule has 0 radical (unpaired) electrons. The van der Waals surface area contributed by atoms with Crippen molar-refractivity contribution in [3.05, 3.63) is 36.8 Å². The predicted molar refractivity (Wildman–Crippen MR) is 55.2 cm³/mol. The quantitative estimate of drug-likeness (QED) is 0.690. The zero-order valence-electron chi connectivity index (χ0n) is 8.68. The van der Waals surface area contributed by atoms with E-state index in [2.05, 4.69) is 15.0 Å². The van der Waals surface area contributed by atoms with Crippen LogP contribution in [0.3, 0.4) is 0 Å². The van der Waals surface area contributed by atoms with E-state index in [4.69, 9.17) is 0 Å². The number of hydrogen-bond acceptors (Lipinski definition) is 3. The van der Waals surface area contributed by atoms with E-state index in [1.54, 1.807) is 18.7 Å². The van der Waals surface area contributed by atoms with Gasteiger partial charge < -0.3 is 0 Å². The minimum absolute atomic E-state index is 0.877. The lowest BCUT2D eigenvalue weighted by Crippen LogP contribution is -1.97. The van der Waals surface area contributed by atoms with Gasteiger partial charge in [-0.15, -0.1) is 0 Å². The Balaban J connectivity index is 0.000000461. The Morgan fingerprint density at radius 1 is 1.21 bits per heavy atom. The Bertz CT molecular complexity index is 367. The molecule has 0 N–H and O–H groups in total. The summed E-state index contributed by atoms with van der Waals surface area (Å²) in [4.78, 5) is 12.0. The van der Waals surface area contributed by atoms with E-state index < -0.39 is 0 Å². The molecule has 14 heavy (non-hydrogen) atoms. The summed E-state index contributed by atoms with van der Waals surface area (Å²) in [5.41, 5.74) is 1.04. The van der Waals surface area contributed by atoms with E-state index in [0.717, 1.165) is 11.4 Å². The molecule has 0 aliphatic carbocycles. The largest absolute Gasteiger partial charge is 0.290 e. The van der Waals surface area contributed by atoms with Crippen LogP contribution in [0, 0.1) is 6.92 Å². The lowest BCUT2D eigenvalue weighted by atomic mass is 10.3. The minimum Gasteiger partial charge on any atom is -0.290 e. The second-order valence-corrected chi connectivity index (χ2v) is 2.50. The molecule has 2 aromatic rings. The molecule has 2 heterocycles. The molecular formula is C10H14N4. The average molecular weight is 190 g/mol. The van der Waals surface area contributed by atoms with Crippen LogP contribution in [-0.4, -0.2) is 19.5 Å². The van der Waals surface area contributed by atoms with Crippen molar-refractivity contribution in [2.45, 2.75) is 20.8 Å². The first-order valence-electron chi connectivity index (χ1n) is 4.63. The van der Waals surface area contributed by atoms with Gasteiger partial charge >= 0.3 is 0 Å². The number of aryl methyl sites for hydroxylation is 1. The maximum Gasteiger partial charge on any atom is 0.144 e. The molecule has 0 aliphatic rings. The van der Waals surface area contributed by atoms with E-state index in [9.17, 15) is 0 Å². The standard InChI is InChI=1S/C8H8N4.C2H6/c1-7-4-10-5-11-8(7)12-3-2-9-6-12;1-2/h2-6H,1H3;1-2H3. The summed E-state index contributed by atoms with van der Waals surface area (Å²) in [6, 6.07) is 0. The predicted octanol–water partition coefficient (Wildman–Crippen LogP) is 2.00. The van der Waals surface area contributed by atoms with Gasteiger partial charge in [0.1, 0.15) is 18.5 Å². The Labute approximate surface area is 83.7 Å². The van der Waals surface area contributed by atoms with Gasteiger partial charge in [0, 0.05) is 24.2 Å². The molecule has 0 atom stereocenters. The van der Waals surface area contributed by atoms with Crippen molar-refractivity contribution in [1.82, 2.24) is 19.5 Å². The number of imidazole rings is 1. The van der Waals surface area contributed by atoms with E-state index in [1.807, 2.05) is 31.5 Å². The van der Waals surface area contributed by atoms with Crippen LogP contribution in [0.5, 0.6) is 0 Å². The summed E-state index contributed by atoms with van der Waals surface area (Å²) in [7, 11) is 0. The molecule has 0 aliphatic heterocycles. The van der Waals surface area contributed by atoms with Crippen molar-refractivity contribution in [2.24, 2.45) is 0 Å². The van der Waals surface area contributed by atoms with Crippen LogP contribution >= 0.6 is 0 Å². The van der Waals surface area contributed by atoms with E-state index in [0.29, 0.717) is 0 Å². The van der Waals surface area contributed by atoms with Gasteiger partial charge in [-0.3, -0.25) is 4.57 Å². The van der Waals surface area contributed by atoms with Crippen molar-refractivity contribution < 1.29 is 0 Å². The third kappa shape index (κ3) is 2.16. The zero-order chi connectivity index (χ0) is 10.4. The highest BCUT2D eigenvalue weighted by Crippen LogP contribution is 2.06. The van der Waals surface area contributed by atoms with Gasteiger partial charge in [0.05, 0.1) is 0 Å². The average Bonchev–Trinajstić information content (AvgIpc) is 2.75. The Hall–Kier alpha value is -1.71. The van der Waals surface area contributed by atoms with Crippen molar-refractivity contribution >= 4 is 0 Å². The van der Waals surface area contributed by atoms with Gasteiger partial charge in [-0.1, -0.05) is 13.8 Å². The highest BCUT2D eigenvalue weighted by molar-refractivity contribution is 5.29. The number of hydrogen-bond donors (Lipinski definition) is 0. The molecule has 2 rings (SSSR count). The Morgan fingerprint density at radius 3 is 2.57 bits per heavy atom. The van der Waals surface area contributed by atoms with Crippen LogP contribution in [0.25, 0.3) is 5.82 Å². The van der Waals surface area contributed by atoms with Crippen LogP contribution < -0.4 is 0 Å². The number of aromatic nitrogens is 4. The summed E-state index contributed by atoms with van der Waals surface area (Å²) >= 11 is 0. The summed E-state index contributed by atoms with van der Waals surface area (Å²) in [6.45, 7) is 5.97.